The zero-order chi connectivity index (χ0) is 19.5. The van der Waals surface area contributed by atoms with E-state index in [0.29, 0.717) is 18.5 Å². The van der Waals surface area contributed by atoms with Gasteiger partial charge in [-0.05, 0) is 31.0 Å². The molecule has 2 aliphatic rings. The standard InChI is InChI=1S/C21H21N5O2/c1-13-15(7-9-22-13)19(27)26-10-8-21(18(26)14-11-23-25(2)12-14)16-5-3-4-6-17(16)24-20(21)28/h3-7,9,11-12,18,22H,8,10H2,1-2H3,(H,24,28)/t18-,21+/m0/s1. The molecule has 0 aliphatic carbocycles. The van der Waals surface area contributed by atoms with Crippen LogP contribution in [0.1, 0.15) is 39.6 Å². The maximum atomic E-state index is 13.4. The van der Waals surface area contributed by atoms with Crippen LogP contribution in [0.25, 0.3) is 0 Å². The van der Waals surface area contributed by atoms with Crippen LogP contribution < -0.4 is 5.32 Å². The smallest absolute Gasteiger partial charge is 0.256 e. The highest BCUT2D eigenvalue weighted by Crippen LogP contribution is 2.54. The zero-order valence-electron chi connectivity index (χ0n) is 15.8. The Bertz CT molecular complexity index is 1100. The van der Waals surface area contributed by atoms with E-state index >= 15 is 0 Å². The highest BCUT2D eigenvalue weighted by atomic mass is 16.2. The van der Waals surface area contributed by atoms with Gasteiger partial charge in [0.1, 0.15) is 5.41 Å². The summed E-state index contributed by atoms with van der Waals surface area (Å²) in [4.78, 5) is 31.6. The van der Waals surface area contributed by atoms with Gasteiger partial charge in [0.05, 0.1) is 17.8 Å². The molecule has 4 heterocycles. The molecule has 2 N–H and O–H groups in total. The van der Waals surface area contributed by atoms with Crippen molar-refractivity contribution in [2.24, 2.45) is 7.05 Å². The minimum atomic E-state index is -0.806. The van der Waals surface area contributed by atoms with Gasteiger partial charge >= 0.3 is 0 Å². The van der Waals surface area contributed by atoms with Gasteiger partial charge in [-0.2, -0.15) is 5.10 Å². The third kappa shape index (κ3) is 2.13. The molecule has 1 fully saturated rings. The largest absolute Gasteiger partial charge is 0.365 e. The number of nitrogens with zero attached hydrogens (tertiary/aromatic N) is 3. The molecule has 0 radical (unpaired) electrons. The molecule has 1 aromatic carbocycles. The number of fused-ring (bicyclic) bond motifs is 2. The lowest BCUT2D eigenvalue weighted by Crippen LogP contribution is -2.42. The predicted molar refractivity (Wildman–Crippen MR) is 104 cm³/mol. The van der Waals surface area contributed by atoms with E-state index in [1.807, 2.05) is 49.3 Å². The first kappa shape index (κ1) is 16.8. The van der Waals surface area contributed by atoms with E-state index in [4.69, 9.17) is 0 Å². The Balaban J connectivity index is 1.68. The number of benzene rings is 1. The zero-order valence-corrected chi connectivity index (χ0v) is 15.8. The van der Waals surface area contributed by atoms with Crippen molar-refractivity contribution in [3.8, 4) is 0 Å². The summed E-state index contributed by atoms with van der Waals surface area (Å²) in [5.74, 6) is -0.120. The second-order valence-electron chi connectivity index (χ2n) is 7.59. The molecule has 0 unspecified atom stereocenters. The number of likely N-dealkylation sites (tertiary alicyclic amines) is 1. The summed E-state index contributed by atoms with van der Waals surface area (Å²) in [5, 5.41) is 7.34. The number of H-pyrrole nitrogens is 1. The van der Waals surface area contributed by atoms with E-state index in [2.05, 4.69) is 15.4 Å². The van der Waals surface area contributed by atoms with Gasteiger partial charge in [-0.15, -0.1) is 0 Å². The number of hydrogen-bond donors (Lipinski definition) is 2. The summed E-state index contributed by atoms with van der Waals surface area (Å²) in [6.07, 6.45) is 6.00. The van der Waals surface area contributed by atoms with Gasteiger partial charge in [-0.1, -0.05) is 18.2 Å². The summed E-state index contributed by atoms with van der Waals surface area (Å²) in [6.45, 7) is 2.39. The molecule has 0 saturated carbocycles. The topological polar surface area (TPSA) is 83.0 Å². The van der Waals surface area contributed by atoms with Crippen LogP contribution in [0, 0.1) is 6.92 Å². The van der Waals surface area contributed by atoms with Gasteiger partial charge in [0, 0.05) is 42.9 Å². The average Bonchev–Trinajstić information content (AvgIpc) is 3.43. The Morgan fingerprint density at radius 1 is 1.29 bits per heavy atom. The van der Waals surface area contributed by atoms with Crippen LogP contribution in [0.5, 0.6) is 0 Å². The van der Waals surface area contributed by atoms with Crippen molar-refractivity contribution in [2.45, 2.75) is 24.8 Å². The number of nitrogens with one attached hydrogen (secondary N) is 2. The van der Waals surface area contributed by atoms with Crippen LogP contribution in [-0.4, -0.2) is 38.0 Å². The molecule has 28 heavy (non-hydrogen) atoms. The number of hydrogen-bond acceptors (Lipinski definition) is 3. The summed E-state index contributed by atoms with van der Waals surface area (Å²) in [6, 6.07) is 9.16. The third-order valence-corrected chi connectivity index (χ3v) is 6.07. The number of aromatic nitrogens is 3. The molecule has 5 rings (SSSR count). The second kappa shape index (κ2) is 5.82. The summed E-state index contributed by atoms with van der Waals surface area (Å²) in [7, 11) is 1.84. The normalized spacial score (nSPS) is 23.3. The first-order chi connectivity index (χ1) is 13.5. The second-order valence-corrected chi connectivity index (χ2v) is 7.59. The molecule has 7 nitrogen and oxygen atoms in total. The van der Waals surface area contributed by atoms with Crippen molar-refractivity contribution >= 4 is 17.5 Å². The van der Waals surface area contributed by atoms with Crippen molar-refractivity contribution in [3.05, 3.63) is 71.3 Å². The molecule has 2 aromatic heterocycles. The van der Waals surface area contributed by atoms with Crippen LogP contribution in [0.3, 0.4) is 0 Å². The third-order valence-electron chi connectivity index (χ3n) is 6.07. The van der Waals surface area contributed by atoms with E-state index in [-0.39, 0.29) is 11.8 Å². The fourth-order valence-electron chi connectivity index (χ4n) is 4.79. The van der Waals surface area contributed by atoms with Crippen molar-refractivity contribution in [1.29, 1.82) is 0 Å². The Kier molecular flexibility index (Phi) is 3.49. The van der Waals surface area contributed by atoms with E-state index in [1.54, 1.807) is 23.1 Å². The van der Waals surface area contributed by atoms with Crippen molar-refractivity contribution in [1.82, 2.24) is 19.7 Å². The molecule has 142 valence electrons. The predicted octanol–water partition coefficient (Wildman–Crippen LogP) is 2.53. The number of aryl methyl sites for hydroxylation is 2. The lowest BCUT2D eigenvalue weighted by Gasteiger charge is -2.33. The maximum Gasteiger partial charge on any atom is 0.256 e. The van der Waals surface area contributed by atoms with Crippen molar-refractivity contribution in [2.75, 3.05) is 11.9 Å². The highest BCUT2D eigenvalue weighted by Gasteiger charge is 2.59. The summed E-state index contributed by atoms with van der Waals surface area (Å²) >= 11 is 0. The van der Waals surface area contributed by atoms with Gasteiger partial charge in [-0.3, -0.25) is 14.3 Å². The van der Waals surface area contributed by atoms with Gasteiger partial charge in [0.2, 0.25) is 5.91 Å². The fourth-order valence-corrected chi connectivity index (χ4v) is 4.79. The van der Waals surface area contributed by atoms with E-state index in [9.17, 15) is 9.59 Å². The molecule has 1 saturated heterocycles. The minimum absolute atomic E-state index is 0.0522. The van der Waals surface area contributed by atoms with E-state index < -0.39 is 11.5 Å². The molecule has 3 aromatic rings. The summed E-state index contributed by atoms with van der Waals surface area (Å²) < 4.78 is 1.71. The van der Waals surface area contributed by atoms with Crippen LogP contribution in [-0.2, 0) is 17.3 Å². The van der Waals surface area contributed by atoms with Crippen molar-refractivity contribution in [3.63, 3.8) is 0 Å². The molecular weight excluding hydrogens is 354 g/mol. The lowest BCUT2D eigenvalue weighted by atomic mass is 9.73. The number of amides is 2. The molecule has 7 heteroatoms. The van der Waals surface area contributed by atoms with Crippen LogP contribution in [0.4, 0.5) is 5.69 Å². The Labute approximate surface area is 162 Å². The molecular formula is C21H21N5O2. The Morgan fingerprint density at radius 3 is 2.82 bits per heavy atom. The van der Waals surface area contributed by atoms with Crippen LogP contribution in [0.2, 0.25) is 0 Å². The van der Waals surface area contributed by atoms with Gasteiger partial charge in [0.15, 0.2) is 0 Å². The molecule has 1 spiro atoms. The molecule has 2 aliphatic heterocycles. The average molecular weight is 375 g/mol. The fraction of sp³-hybridized carbons (Fsp3) is 0.286. The Hall–Kier alpha value is -3.35. The summed E-state index contributed by atoms with van der Waals surface area (Å²) in [5.41, 5.74) is 3.31. The molecule has 0 bridgehead atoms. The highest BCUT2D eigenvalue weighted by molar-refractivity contribution is 6.08. The van der Waals surface area contributed by atoms with E-state index in [1.165, 1.54) is 0 Å². The number of rotatable bonds is 2. The number of aromatic amines is 1. The van der Waals surface area contributed by atoms with Crippen LogP contribution >= 0.6 is 0 Å². The van der Waals surface area contributed by atoms with Gasteiger partial charge in [0.25, 0.3) is 5.91 Å². The maximum absolute atomic E-state index is 13.4. The van der Waals surface area contributed by atoms with Gasteiger partial charge in [-0.25, -0.2) is 0 Å². The first-order valence-electron chi connectivity index (χ1n) is 9.37. The molecule has 2 amide bonds. The Morgan fingerprint density at radius 2 is 2.11 bits per heavy atom. The van der Waals surface area contributed by atoms with Crippen LogP contribution in [0.15, 0.2) is 48.9 Å². The van der Waals surface area contributed by atoms with Gasteiger partial charge < -0.3 is 15.2 Å². The van der Waals surface area contributed by atoms with E-state index in [0.717, 1.165) is 22.5 Å². The molecule has 2 atom stereocenters. The first-order valence-corrected chi connectivity index (χ1v) is 9.37. The number of para-hydroxylation sites is 1. The minimum Gasteiger partial charge on any atom is -0.365 e. The SMILES string of the molecule is Cc1[nH]ccc1C(=O)N1CC[C@]2(C(=O)Nc3ccccc32)[C@@H]1c1cnn(C)c1. The number of carbonyl (C=O) groups is 2. The number of anilines is 1. The van der Waals surface area contributed by atoms with Crippen molar-refractivity contribution < 1.29 is 9.59 Å². The monoisotopic (exact) mass is 375 g/mol. The quantitative estimate of drug-likeness (QED) is 0.722. The number of carbonyl (C=O) groups excluding carboxylic acids is 2. The lowest BCUT2D eigenvalue weighted by molar-refractivity contribution is -0.121.